The van der Waals surface area contributed by atoms with Crippen molar-refractivity contribution in [2.24, 2.45) is 0 Å². The lowest BCUT2D eigenvalue weighted by Crippen LogP contribution is -2.30. The van der Waals surface area contributed by atoms with E-state index in [1.807, 2.05) is 18.5 Å². The van der Waals surface area contributed by atoms with Crippen molar-refractivity contribution in [3.63, 3.8) is 0 Å². The molecule has 6 nitrogen and oxygen atoms in total. The molecule has 0 bridgehead atoms. The number of nitrogens with zero attached hydrogens (tertiary/aromatic N) is 4. The van der Waals surface area contributed by atoms with Gasteiger partial charge in [0, 0.05) is 25.4 Å². The zero-order valence-corrected chi connectivity index (χ0v) is 12.3. The van der Waals surface area contributed by atoms with Gasteiger partial charge in [-0.05, 0) is 20.3 Å². The molecule has 1 unspecified atom stereocenters. The van der Waals surface area contributed by atoms with E-state index in [9.17, 15) is 4.79 Å². The summed E-state index contributed by atoms with van der Waals surface area (Å²) in [5.74, 6) is -0.0552. The molecule has 2 aromatic heterocycles. The van der Waals surface area contributed by atoms with Gasteiger partial charge in [0.2, 0.25) is 0 Å². The molecule has 0 aliphatic carbocycles. The van der Waals surface area contributed by atoms with E-state index in [-0.39, 0.29) is 11.9 Å². The van der Waals surface area contributed by atoms with Crippen LogP contribution in [0.25, 0.3) is 0 Å². The smallest absolute Gasteiger partial charge is 0.257 e. The maximum atomic E-state index is 12.5. The molecule has 1 amide bonds. The summed E-state index contributed by atoms with van der Waals surface area (Å²) in [6, 6.07) is 1.62. The van der Waals surface area contributed by atoms with Crippen LogP contribution in [0.4, 0.5) is 0 Å². The zero-order valence-electron chi connectivity index (χ0n) is 12.3. The van der Waals surface area contributed by atoms with Gasteiger partial charge in [-0.1, -0.05) is 12.1 Å². The van der Waals surface area contributed by atoms with Crippen LogP contribution in [0, 0.1) is 6.92 Å². The fourth-order valence-electron chi connectivity index (χ4n) is 2.10. The zero-order chi connectivity index (χ0) is 14.7. The number of rotatable bonds is 5. The van der Waals surface area contributed by atoms with Crippen molar-refractivity contribution in [2.45, 2.75) is 39.8 Å². The van der Waals surface area contributed by atoms with Gasteiger partial charge >= 0.3 is 0 Å². The van der Waals surface area contributed by atoms with Crippen molar-refractivity contribution < 1.29 is 9.32 Å². The van der Waals surface area contributed by atoms with Crippen LogP contribution in [0.5, 0.6) is 0 Å². The predicted molar refractivity (Wildman–Crippen MR) is 74.3 cm³/mol. The van der Waals surface area contributed by atoms with E-state index in [0.29, 0.717) is 5.56 Å². The SMILES string of the molecule is CCCn1ncc(C(=O)N(C)C(C)c2ccon2)c1C. The summed E-state index contributed by atoms with van der Waals surface area (Å²) in [5, 5.41) is 8.15. The minimum Gasteiger partial charge on any atom is -0.364 e. The number of amides is 1. The van der Waals surface area contributed by atoms with Crippen LogP contribution in [-0.4, -0.2) is 32.8 Å². The first-order chi connectivity index (χ1) is 9.56. The van der Waals surface area contributed by atoms with Crippen LogP contribution in [0.15, 0.2) is 23.0 Å². The molecule has 0 aliphatic rings. The minimum atomic E-state index is -0.143. The van der Waals surface area contributed by atoms with E-state index in [4.69, 9.17) is 4.52 Å². The third-order valence-corrected chi connectivity index (χ3v) is 3.56. The number of aromatic nitrogens is 3. The molecule has 0 spiro atoms. The van der Waals surface area contributed by atoms with Crippen LogP contribution in [0.3, 0.4) is 0 Å². The largest absolute Gasteiger partial charge is 0.364 e. The third kappa shape index (κ3) is 2.59. The molecule has 0 saturated heterocycles. The van der Waals surface area contributed by atoms with Crippen LogP contribution in [0.1, 0.15) is 48.1 Å². The van der Waals surface area contributed by atoms with E-state index >= 15 is 0 Å². The lowest BCUT2D eigenvalue weighted by Gasteiger charge is -2.23. The van der Waals surface area contributed by atoms with Gasteiger partial charge in [-0.3, -0.25) is 9.48 Å². The fourth-order valence-corrected chi connectivity index (χ4v) is 2.10. The van der Waals surface area contributed by atoms with E-state index in [2.05, 4.69) is 17.2 Å². The van der Waals surface area contributed by atoms with Crippen LogP contribution in [-0.2, 0) is 6.54 Å². The standard InChI is InChI=1S/C14H20N4O2/c1-5-7-18-10(2)12(9-15-18)14(19)17(4)11(3)13-6-8-20-16-13/h6,8-9,11H,5,7H2,1-4H3. The Balaban J connectivity index is 2.18. The summed E-state index contributed by atoms with van der Waals surface area (Å²) >= 11 is 0. The van der Waals surface area contributed by atoms with Gasteiger partial charge in [-0.15, -0.1) is 0 Å². The van der Waals surface area contributed by atoms with Crippen molar-refractivity contribution >= 4 is 5.91 Å². The van der Waals surface area contributed by atoms with Crippen molar-refractivity contribution in [1.82, 2.24) is 19.8 Å². The normalized spacial score (nSPS) is 12.4. The second kappa shape index (κ2) is 5.90. The lowest BCUT2D eigenvalue weighted by molar-refractivity contribution is 0.0736. The Kier molecular flexibility index (Phi) is 4.22. The van der Waals surface area contributed by atoms with Crippen molar-refractivity contribution in [3.05, 3.63) is 35.5 Å². The highest BCUT2D eigenvalue weighted by atomic mass is 16.5. The molecule has 0 radical (unpaired) electrons. The average Bonchev–Trinajstić information content (AvgIpc) is 3.08. The lowest BCUT2D eigenvalue weighted by atomic mass is 10.1. The molecule has 2 rings (SSSR count). The molecule has 2 heterocycles. The Morgan fingerprint density at radius 2 is 2.30 bits per heavy atom. The maximum Gasteiger partial charge on any atom is 0.257 e. The van der Waals surface area contributed by atoms with E-state index < -0.39 is 0 Å². The van der Waals surface area contributed by atoms with Crippen LogP contribution < -0.4 is 0 Å². The first kappa shape index (κ1) is 14.3. The molecule has 6 heteroatoms. The topological polar surface area (TPSA) is 64.2 Å². The molecule has 0 aromatic carbocycles. The average molecular weight is 276 g/mol. The number of hydrogen-bond acceptors (Lipinski definition) is 4. The summed E-state index contributed by atoms with van der Waals surface area (Å²) in [5.41, 5.74) is 2.27. The molecule has 2 aromatic rings. The fraction of sp³-hybridized carbons (Fsp3) is 0.500. The summed E-state index contributed by atoms with van der Waals surface area (Å²) < 4.78 is 6.69. The molecule has 0 fully saturated rings. The summed E-state index contributed by atoms with van der Waals surface area (Å²) in [6.45, 7) is 6.75. The Morgan fingerprint density at radius 3 is 2.90 bits per heavy atom. The summed E-state index contributed by atoms with van der Waals surface area (Å²) in [6.07, 6.45) is 4.13. The predicted octanol–water partition coefficient (Wildman–Crippen LogP) is 2.42. The van der Waals surface area contributed by atoms with Gasteiger partial charge in [0.05, 0.1) is 17.8 Å². The van der Waals surface area contributed by atoms with Crippen molar-refractivity contribution in [3.8, 4) is 0 Å². The van der Waals surface area contributed by atoms with Crippen LogP contribution >= 0.6 is 0 Å². The van der Waals surface area contributed by atoms with E-state index in [1.165, 1.54) is 6.26 Å². The Bertz CT molecular complexity index is 574. The van der Waals surface area contributed by atoms with E-state index in [0.717, 1.165) is 24.4 Å². The number of carbonyl (C=O) groups excluding carboxylic acids is 1. The van der Waals surface area contributed by atoms with Gasteiger partial charge in [-0.2, -0.15) is 5.10 Å². The van der Waals surface area contributed by atoms with Crippen molar-refractivity contribution in [1.29, 1.82) is 0 Å². The van der Waals surface area contributed by atoms with Gasteiger partial charge in [0.15, 0.2) is 0 Å². The van der Waals surface area contributed by atoms with Gasteiger partial charge in [0.1, 0.15) is 12.0 Å². The molecule has 108 valence electrons. The molecular formula is C14H20N4O2. The molecule has 20 heavy (non-hydrogen) atoms. The Morgan fingerprint density at radius 1 is 1.55 bits per heavy atom. The second-order valence-electron chi connectivity index (χ2n) is 4.88. The van der Waals surface area contributed by atoms with Gasteiger partial charge < -0.3 is 9.42 Å². The monoisotopic (exact) mass is 276 g/mol. The number of hydrogen-bond donors (Lipinski definition) is 0. The first-order valence-corrected chi connectivity index (χ1v) is 6.76. The summed E-state index contributed by atoms with van der Waals surface area (Å²) in [7, 11) is 1.76. The highest BCUT2D eigenvalue weighted by Gasteiger charge is 2.23. The van der Waals surface area contributed by atoms with E-state index in [1.54, 1.807) is 24.2 Å². The molecule has 0 saturated carbocycles. The minimum absolute atomic E-state index is 0.0552. The molecule has 1 atom stereocenters. The summed E-state index contributed by atoms with van der Waals surface area (Å²) in [4.78, 5) is 14.2. The number of carbonyl (C=O) groups is 1. The third-order valence-electron chi connectivity index (χ3n) is 3.56. The molecule has 0 N–H and O–H groups in total. The van der Waals surface area contributed by atoms with Crippen molar-refractivity contribution in [2.75, 3.05) is 7.05 Å². The molecular weight excluding hydrogens is 256 g/mol. The molecule has 0 aliphatic heterocycles. The highest BCUT2D eigenvalue weighted by molar-refractivity contribution is 5.95. The Labute approximate surface area is 118 Å². The van der Waals surface area contributed by atoms with Crippen LogP contribution in [0.2, 0.25) is 0 Å². The van der Waals surface area contributed by atoms with Gasteiger partial charge in [-0.25, -0.2) is 0 Å². The highest BCUT2D eigenvalue weighted by Crippen LogP contribution is 2.20. The first-order valence-electron chi connectivity index (χ1n) is 6.76. The Hall–Kier alpha value is -2.11. The van der Waals surface area contributed by atoms with Gasteiger partial charge in [0.25, 0.3) is 5.91 Å². The second-order valence-corrected chi connectivity index (χ2v) is 4.88. The maximum absolute atomic E-state index is 12.5. The quantitative estimate of drug-likeness (QED) is 0.841. The number of aryl methyl sites for hydroxylation is 1.